The van der Waals surface area contributed by atoms with Gasteiger partial charge in [-0.3, -0.25) is 0 Å². The molecule has 2 nitrogen and oxygen atoms in total. The number of hydrogen-bond donors (Lipinski definition) is 2. The highest BCUT2D eigenvalue weighted by Crippen LogP contribution is 2.46. The number of aromatic hydroxyl groups is 2. The summed E-state index contributed by atoms with van der Waals surface area (Å²) in [5.74, 6) is -1.35. The number of phenols is 2. The van der Waals surface area contributed by atoms with Crippen LogP contribution < -0.4 is 0 Å². The Morgan fingerprint density at radius 2 is 2.14 bits per heavy atom. The van der Waals surface area contributed by atoms with Gasteiger partial charge in [0, 0.05) is 15.6 Å². The van der Waals surface area contributed by atoms with Crippen LogP contribution in [0.15, 0.2) is 35.9 Å². The summed E-state index contributed by atoms with van der Waals surface area (Å²) in [7, 11) is 0. The van der Waals surface area contributed by atoms with Crippen LogP contribution in [-0.2, 0) is 6.42 Å². The van der Waals surface area contributed by atoms with Crippen LogP contribution in [0.5, 0.6) is 11.5 Å². The minimum absolute atomic E-state index is 0.0662. The zero-order valence-electron chi connectivity index (χ0n) is 18.3. The van der Waals surface area contributed by atoms with Crippen LogP contribution in [0.1, 0.15) is 70.3 Å². The topological polar surface area (TPSA) is 40.5 Å². The number of benzene rings is 1. The van der Waals surface area contributed by atoms with Gasteiger partial charge in [0.25, 0.3) is 0 Å². The van der Waals surface area contributed by atoms with Crippen molar-refractivity contribution < 1.29 is 17.1 Å². The molecule has 0 radical (unpaired) electrons. The molecule has 120 valence electrons. The molecule has 2 heteroatoms. The first kappa shape index (κ1) is 10.9. The second-order valence-corrected chi connectivity index (χ2v) is 6.25. The van der Waals surface area contributed by atoms with E-state index in [0.29, 0.717) is 12.8 Å². The van der Waals surface area contributed by atoms with E-state index >= 15 is 0 Å². The summed E-state index contributed by atoms with van der Waals surface area (Å²) >= 11 is 0. The van der Waals surface area contributed by atoms with Gasteiger partial charge in [-0.1, -0.05) is 37.1 Å². The molecule has 1 aliphatic carbocycles. The van der Waals surface area contributed by atoms with E-state index < -0.39 is 25.2 Å². The van der Waals surface area contributed by atoms with Crippen LogP contribution in [0.25, 0.3) is 0 Å². The number of allylic oxidation sites excluding steroid dienone is 3. The molecule has 0 fully saturated rings. The van der Waals surface area contributed by atoms with Crippen molar-refractivity contribution in [2.24, 2.45) is 5.92 Å². The van der Waals surface area contributed by atoms with Crippen molar-refractivity contribution >= 4 is 0 Å². The largest absolute Gasteiger partial charge is 0.507 e. The predicted octanol–water partition coefficient (Wildman–Crippen LogP) is 5.46. The Bertz CT molecular complexity index is 722. The standard InChI is InChI=1S/C20H28O2/c1-5-6-7-15-11-18(21)20(19(22)12-15)17-10-14(4)8-9-16(17)13(2)3/h10-12,16-17,21-22H,2,5-9H2,1,3-4H3/i2D2,3D3. The fourth-order valence-electron chi connectivity index (χ4n) is 3.22. The van der Waals surface area contributed by atoms with Gasteiger partial charge in [0.2, 0.25) is 0 Å². The molecule has 0 spiro atoms. The smallest absolute Gasteiger partial charge is 0.123 e. The van der Waals surface area contributed by atoms with Crippen molar-refractivity contribution in [1.82, 2.24) is 0 Å². The predicted molar refractivity (Wildman–Crippen MR) is 92.4 cm³/mol. The molecule has 0 bridgehead atoms. The van der Waals surface area contributed by atoms with Crippen LogP contribution in [0.2, 0.25) is 0 Å². The van der Waals surface area contributed by atoms with Crippen molar-refractivity contribution in [2.45, 2.75) is 58.7 Å². The van der Waals surface area contributed by atoms with Gasteiger partial charge in [-0.2, -0.15) is 0 Å². The Labute approximate surface area is 141 Å². The third-order valence-corrected chi connectivity index (χ3v) is 4.47. The van der Waals surface area contributed by atoms with E-state index in [-0.39, 0.29) is 22.6 Å². The molecule has 2 unspecified atom stereocenters. The SMILES string of the molecule is [2H]C([2H])=C(C1CCC(C)=CC1c1c(O)cc(CCCC)cc1O)C([2H])([2H])[2H]. The molecule has 22 heavy (non-hydrogen) atoms. The summed E-state index contributed by atoms with van der Waals surface area (Å²) in [6, 6.07) is 3.25. The number of unbranched alkanes of at least 4 members (excludes halogenated alkanes) is 1. The lowest BCUT2D eigenvalue weighted by atomic mass is 9.73. The van der Waals surface area contributed by atoms with Gasteiger partial charge in [0.15, 0.2) is 0 Å². The van der Waals surface area contributed by atoms with Crippen LogP contribution in [0.3, 0.4) is 0 Å². The molecule has 0 amide bonds. The molecule has 0 aromatic heterocycles. The molecular formula is C20H28O2. The quantitative estimate of drug-likeness (QED) is 0.709. The van der Waals surface area contributed by atoms with Gasteiger partial charge < -0.3 is 10.2 Å². The van der Waals surface area contributed by atoms with Crippen molar-refractivity contribution in [3.8, 4) is 11.5 Å². The minimum Gasteiger partial charge on any atom is -0.507 e. The highest BCUT2D eigenvalue weighted by atomic mass is 16.3. The molecule has 2 atom stereocenters. The summed E-state index contributed by atoms with van der Waals surface area (Å²) in [5.41, 5.74) is 1.93. The molecule has 0 saturated carbocycles. The molecule has 1 aromatic rings. The number of hydrogen-bond acceptors (Lipinski definition) is 2. The molecule has 1 aliphatic rings. The first-order valence-electron chi connectivity index (χ1n) is 10.5. The monoisotopic (exact) mass is 305 g/mol. The average molecular weight is 305 g/mol. The van der Waals surface area contributed by atoms with Gasteiger partial charge in [-0.05, 0) is 63.1 Å². The van der Waals surface area contributed by atoms with Gasteiger partial charge in [-0.25, -0.2) is 0 Å². The minimum atomic E-state index is -2.56. The van der Waals surface area contributed by atoms with E-state index in [1.165, 1.54) is 0 Å². The number of phenolic OH excluding ortho intramolecular Hbond substituents is 2. The molecule has 2 rings (SSSR count). The van der Waals surface area contributed by atoms with Gasteiger partial charge >= 0.3 is 0 Å². The van der Waals surface area contributed by atoms with E-state index in [0.717, 1.165) is 30.4 Å². The Morgan fingerprint density at radius 3 is 2.73 bits per heavy atom. The third kappa shape index (κ3) is 3.55. The van der Waals surface area contributed by atoms with E-state index in [2.05, 4.69) is 6.92 Å². The fraction of sp³-hybridized carbons (Fsp3) is 0.500. The Kier molecular flexibility index (Phi) is 3.50. The number of aryl methyl sites for hydroxylation is 1. The lowest BCUT2D eigenvalue weighted by Gasteiger charge is -2.31. The van der Waals surface area contributed by atoms with E-state index in [9.17, 15) is 10.2 Å². The average Bonchev–Trinajstić information content (AvgIpc) is 2.53. The summed E-state index contributed by atoms with van der Waals surface area (Å²) in [5, 5.41) is 21.2. The van der Waals surface area contributed by atoms with Crippen LogP contribution in [0, 0.1) is 5.92 Å². The van der Waals surface area contributed by atoms with Crippen molar-refractivity contribution in [3.05, 3.63) is 47.0 Å². The maximum atomic E-state index is 10.6. The zero-order chi connectivity index (χ0) is 20.4. The van der Waals surface area contributed by atoms with Crippen molar-refractivity contribution in [2.75, 3.05) is 0 Å². The number of rotatable bonds is 5. The summed E-state index contributed by atoms with van der Waals surface area (Å²) in [4.78, 5) is 0. The molecule has 0 saturated heterocycles. The highest BCUT2D eigenvalue weighted by molar-refractivity contribution is 5.51. The van der Waals surface area contributed by atoms with E-state index in [4.69, 9.17) is 6.85 Å². The summed E-state index contributed by atoms with van der Waals surface area (Å²) < 4.78 is 38.7. The summed E-state index contributed by atoms with van der Waals surface area (Å²) in [6.45, 7) is 0.716. The maximum absolute atomic E-state index is 10.6. The van der Waals surface area contributed by atoms with E-state index in [1.807, 2.05) is 13.0 Å². The maximum Gasteiger partial charge on any atom is 0.123 e. The zero-order valence-corrected chi connectivity index (χ0v) is 13.3. The van der Waals surface area contributed by atoms with Crippen molar-refractivity contribution in [3.63, 3.8) is 0 Å². The van der Waals surface area contributed by atoms with Crippen molar-refractivity contribution in [1.29, 1.82) is 0 Å². The highest BCUT2D eigenvalue weighted by Gasteiger charge is 2.29. The molecular weight excluding hydrogens is 272 g/mol. The Balaban J connectivity index is 2.56. The first-order chi connectivity index (χ1) is 12.6. The Morgan fingerprint density at radius 1 is 1.41 bits per heavy atom. The first-order valence-corrected chi connectivity index (χ1v) is 7.96. The van der Waals surface area contributed by atoms with Crippen LogP contribution in [0.4, 0.5) is 0 Å². The summed E-state index contributed by atoms with van der Waals surface area (Å²) in [6.07, 6.45) is 5.64. The lowest BCUT2D eigenvalue weighted by molar-refractivity contribution is 0.406. The Hall–Kier alpha value is -1.70. The molecule has 0 aliphatic heterocycles. The normalized spacial score (nSPS) is 25.2. The van der Waals surface area contributed by atoms with Gasteiger partial charge in [-0.15, -0.1) is 0 Å². The van der Waals surface area contributed by atoms with Gasteiger partial charge in [0.05, 0.1) is 2.74 Å². The molecule has 2 N–H and O–H groups in total. The van der Waals surface area contributed by atoms with E-state index in [1.54, 1.807) is 12.1 Å². The molecule has 1 aromatic carbocycles. The fourth-order valence-corrected chi connectivity index (χ4v) is 3.22. The lowest BCUT2D eigenvalue weighted by Crippen LogP contribution is -2.17. The van der Waals surface area contributed by atoms with Crippen LogP contribution in [-0.4, -0.2) is 10.2 Å². The van der Waals surface area contributed by atoms with Crippen LogP contribution >= 0.6 is 0 Å². The third-order valence-electron chi connectivity index (χ3n) is 4.47. The second-order valence-electron chi connectivity index (χ2n) is 6.25. The molecule has 0 heterocycles. The van der Waals surface area contributed by atoms with Gasteiger partial charge in [0.1, 0.15) is 11.5 Å². The second kappa shape index (κ2) is 7.04.